The van der Waals surface area contributed by atoms with Crippen LogP contribution in [0.2, 0.25) is 0 Å². The number of ether oxygens (including phenoxy) is 1. The molecule has 140 valence electrons. The SMILES string of the molecule is COc1ccccc1NC(=O)CC1SC(=NN=Cc2ccc(C)o2)NC1=O. The number of hydrogen-bond donors (Lipinski definition) is 2. The van der Waals surface area contributed by atoms with Crippen molar-refractivity contribution in [3.63, 3.8) is 0 Å². The molecule has 8 nitrogen and oxygen atoms in total. The molecule has 2 heterocycles. The standard InChI is InChI=1S/C18H18N4O4S/c1-11-7-8-12(26-11)10-19-22-18-21-17(24)15(27-18)9-16(23)20-13-5-3-4-6-14(13)25-2/h3-8,10,15H,9H2,1-2H3,(H,20,23)(H,21,22,24). The van der Waals surface area contributed by atoms with Crippen molar-refractivity contribution in [2.24, 2.45) is 10.2 Å². The van der Waals surface area contributed by atoms with Crippen LogP contribution >= 0.6 is 11.8 Å². The van der Waals surface area contributed by atoms with Crippen molar-refractivity contribution >= 4 is 40.6 Å². The van der Waals surface area contributed by atoms with Crippen molar-refractivity contribution < 1.29 is 18.7 Å². The monoisotopic (exact) mass is 386 g/mol. The Morgan fingerprint density at radius 2 is 2.19 bits per heavy atom. The van der Waals surface area contributed by atoms with Gasteiger partial charge in [-0.05, 0) is 31.2 Å². The number of hydrogen-bond acceptors (Lipinski definition) is 7. The largest absolute Gasteiger partial charge is 0.495 e. The van der Waals surface area contributed by atoms with Gasteiger partial charge in [0.25, 0.3) is 0 Å². The number of furan rings is 1. The second-order valence-electron chi connectivity index (χ2n) is 5.65. The summed E-state index contributed by atoms with van der Waals surface area (Å²) >= 11 is 1.16. The lowest BCUT2D eigenvalue weighted by Gasteiger charge is -2.10. The van der Waals surface area contributed by atoms with E-state index >= 15 is 0 Å². The first-order valence-electron chi connectivity index (χ1n) is 8.13. The molecule has 2 aromatic rings. The van der Waals surface area contributed by atoms with Crippen LogP contribution < -0.4 is 15.4 Å². The minimum absolute atomic E-state index is 0.00859. The summed E-state index contributed by atoms with van der Waals surface area (Å²) in [6.07, 6.45) is 1.46. The molecule has 1 fully saturated rings. The number of para-hydroxylation sites is 2. The molecule has 1 atom stereocenters. The number of aryl methyl sites for hydroxylation is 1. The number of carbonyl (C=O) groups is 2. The zero-order valence-electron chi connectivity index (χ0n) is 14.8. The smallest absolute Gasteiger partial charge is 0.240 e. The molecular weight excluding hydrogens is 368 g/mol. The molecule has 2 amide bonds. The van der Waals surface area contributed by atoms with Crippen LogP contribution in [-0.2, 0) is 9.59 Å². The van der Waals surface area contributed by atoms with Crippen molar-refractivity contribution in [2.75, 3.05) is 12.4 Å². The summed E-state index contributed by atoms with van der Waals surface area (Å²) in [6, 6.07) is 10.7. The number of nitrogens with zero attached hydrogens (tertiary/aromatic N) is 2. The van der Waals surface area contributed by atoms with Crippen LogP contribution in [0.3, 0.4) is 0 Å². The molecule has 0 saturated carbocycles. The van der Waals surface area contributed by atoms with Crippen LogP contribution in [0.25, 0.3) is 0 Å². The van der Waals surface area contributed by atoms with Crippen LogP contribution in [0.1, 0.15) is 17.9 Å². The van der Waals surface area contributed by atoms with E-state index in [9.17, 15) is 9.59 Å². The number of anilines is 1. The van der Waals surface area contributed by atoms with Crippen molar-refractivity contribution in [2.45, 2.75) is 18.6 Å². The number of thioether (sulfide) groups is 1. The molecule has 9 heteroatoms. The lowest BCUT2D eigenvalue weighted by Crippen LogP contribution is -2.28. The lowest BCUT2D eigenvalue weighted by molar-refractivity contribution is -0.122. The topological polar surface area (TPSA) is 105 Å². The van der Waals surface area contributed by atoms with Gasteiger partial charge < -0.3 is 19.8 Å². The Morgan fingerprint density at radius 3 is 2.93 bits per heavy atom. The minimum Gasteiger partial charge on any atom is -0.495 e. The van der Waals surface area contributed by atoms with E-state index in [1.54, 1.807) is 24.3 Å². The van der Waals surface area contributed by atoms with E-state index in [0.717, 1.165) is 17.5 Å². The highest BCUT2D eigenvalue weighted by Crippen LogP contribution is 2.26. The van der Waals surface area contributed by atoms with Crippen molar-refractivity contribution in [3.05, 3.63) is 47.9 Å². The van der Waals surface area contributed by atoms with Gasteiger partial charge in [0, 0.05) is 6.42 Å². The Labute approximate surface area is 160 Å². The van der Waals surface area contributed by atoms with Crippen LogP contribution in [0.15, 0.2) is 51.0 Å². The molecule has 1 aliphatic heterocycles. The van der Waals surface area contributed by atoms with Gasteiger partial charge >= 0.3 is 0 Å². The predicted molar refractivity (Wildman–Crippen MR) is 104 cm³/mol. The highest BCUT2D eigenvalue weighted by Gasteiger charge is 2.32. The fourth-order valence-corrected chi connectivity index (χ4v) is 3.29. The van der Waals surface area contributed by atoms with E-state index in [0.29, 0.717) is 22.4 Å². The number of benzene rings is 1. The third-order valence-corrected chi connectivity index (χ3v) is 4.70. The molecule has 1 saturated heterocycles. The van der Waals surface area contributed by atoms with Crippen LogP contribution in [0.4, 0.5) is 5.69 Å². The quantitative estimate of drug-likeness (QED) is 0.586. The van der Waals surface area contributed by atoms with Gasteiger partial charge in [-0.1, -0.05) is 23.9 Å². The number of rotatable bonds is 6. The van der Waals surface area contributed by atoms with Crippen molar-refractivity contribution in [1.82, 2.24) is 5.32 Å². The van der Waals surface area contributed by atoms with E-state index < -0.39 is 5.25 Å². The Kier molecular flexibility index (Phi) is 5.92. The first-order valence-corrected chi connectivity index (χ1v) is 9.01. The Morgan fingerprint density at radius 1 is 1.37 bits per heavy atom. The summed E-state index contributed by atoms with van der Waals surface area (Å²) in [5.41, 5.74) is 0.556. The summed E-state index contributed by atoms with van der Waals surface area (Å²) in [6.45, 7) is 1.83. The molecule has 1 aliphatic rings. The fourth-order valence-electron chi connectivity index (χ4n) is 2.37. The zero-order chi connectivity index (χ0) is 19.2. The second-order valence-corrected chi connectivity index (χ2v) is 6.84. The average molecular weight is 386 g/mol. The average Bonchev–Trinajstić information content (AvgIpc) is 3.21. The van der Waals surface area contributed by atoms with Crippen molar-refractivity contribution in [1.29, 1.82) is 0 Å². The highest BCUT2D eigenvalue weighted by atomic mass is 32.2. The van der Waals surface area contributed by atoms with Gasteiger partial charge in [0.1, 0.15) is 22.5 Å². The van der Waals surface area contributed by atoms with Gasteiger partial charge in [-0.15, -0.1) is 5.10 Å². The maximum absolute atomic E-state index is 12.2. The molecule has 0 bridgehead atoms. The Hall–Kier alpha value is -3.07. The molecule has 1 aromatic heterocycles. The molecule has 0 spiro atoms. The van der Waals surface area contributed by atoms with Gasteiger partial charge in [-0.25, -0.2) is 0 Å². The molecule has 3 rings (SSSR count). The second kappa shape index (κ2) is 8.54. The van der Waals surface area contributed by atoms with Crippen LogP contribution in [-0.4, -0.2) is 35.6 Å². The molecule has 27 heavy (non-hydrogen) atoms. The maximum Gasteiger partial charge on any atom is 0.240 e. The van der Waals surface area contributed by atoms with Gasteiger partial charge in [0.05, 0.1) is 19.0 Å². The predicted octanol–water partition coefficient (Wildman–Crippen LogP) is 2.55. The molecule has 1 aromatic carbocycles. The fraction of sp³-hybridized carbons (Fsp3) is 0.222. The summed E-state index contributed by atoms with van der Waals surface area (Å²) in [5.74, 6) is 1.33. The number of nitrogens with one attached hydrogen (secondary N) is 2. The third kappa shape index (κ3) is 4.98. The Bertz CT molecular complexity index is 906. The van der Waals surface area contributed by atoms with Gasteiger partial charge in [0.2, 0.25) is 11.8 Å². The van der Waals surface area contributed by atoms with Crippen molar-refractivity contribution in [3.8, 4) is 5.75 Å². The maximum atomic E-state index is 12.2. The number of methoxy groups -OCH3 is 1. The summed E-state index contributed by atoms with van der Waals surface area (Å²) in [4.78, 5) is 24.3. The van der Waals surface area contributed by atoms with Gasteiger partial charge in [-0.3, -0.25) is 9.59 Å². The number of amides is 2. The normalized spacial score (nSPS) is 18.1. The van der Waals surface area contributed by atoms with E-state index in [1.165, 1.54) is 13.3 Å². The molecule has 1 unspecified atom stereocenters. The van der Waals surface area contributed by atoms with E-state index in [4.69, 9.17) is 9.15 Å². The van der Waals surface area contributed by atoms with Gasteiger partial charge in [0.15, 0.2) is 5.17 Å². The Balaban J connectivity index is 1.56. The molecule has 0 radical (unpaired) electrons. The first kappa shape index (κ1) is 18.7. The van der Waals surface area contributed by atoms with E-state index in [1.807, 2.05) is 19.1 Å². The number of carbonyl (C=O) groups excluding carboxylic acids is 2. The summed E-state index contributed by atoms with van der Waals surface area (Å²) < 4.78 is 10.5. The van der Waals surface area contributed by atoms with E-state index in [2.05, 4.69) is 20.8 Å². The van der Waals surface area contributed by atoms with Crippen LogP contribution in [0, 0.1) is 6.92 Å². The molecule has 0 aliphatic carbocycles. The van der Waals surface area contributed by atoms with E-state index in [-0.39, 0.29) is 18.2 Å². The summed E-state index contributed by atoms with van der Waals surface area (Å²) in [5, 5.41) is 13.0. The van der Waals surface area contributed by atoms with Crippen LogP contribution in [0.5, 0.6) is 5.75 Å². The minimum atomic E-state index is -0.570. The summed E-state index contributed by atoms with van der Waals surface area (Å²) in [7, 11) is 1.53. The third-order valence-electron chi connectivity index (χ3n) is 3.62. The zero-order valence-corrected chi connectivity index (χ0v) is 15.6. The lowest BCUT2D eigenvalue weighted by atomic mass is 10.2. The highest BCUT2D eigenvalue weighted by molar-refractivity contribution is 8.15. The molecule has 2 N–H and O–H groups in total. The number of amidine groups is 1. The molecular formula is C18H18N4O4S. The first-order chi connectivity index (χ1) is 13.0. The van der Waals surface area contributed by atoms with Gasteiger partial charge in [-0.2, -0.15) is 5.10 Å².